The van der Waals surface area contributed by atoms with Gasteiger partial charge < -0.3 is 61.6 Å². The molecule has 6 aromatic rings. The van der Waals surface area contributed by atoms with E-state index >= 15 is 0 Å². The minimum Gasteiger partial charge on any atom is -0.490 e. The molecule has 0 N–H and O–H groups in total. The minimum absolute atomic E-state index is 0.0292. The van der Waals surface area contributed by atoms with Gasteiger partial charge in [0.25, 0.3) is 0 Å². The zero-order chi connectivity index (χ0) is 85.0. The normalized spacial score (nSPS) is 12.4. The Hall–Kier alpha value is -10.7. The van der Waals surface area contributed by atoms with E-state index in [9.17, 15) is 38.4 Å². The molecule has 0 spiro atoms. The number of ether oxygens (including phenoxy) is 13. The van der Waals surface area contributed by atoms with Crippen LogP contribution in [-0.4, -0.2) is 99.2 Å². The quantitative estimate of drug-likeness (QED) is 0.0164. The molecule has 6 aromatic carbocycles. The minimum atomic E-state index is -0.823. The van der Waals surface area contributed by atoms with Crippen LogP contribution in [0, 0.1) is 0 Å². The first-order valence-electron chi connectivity index (χ1n) is 38.5. The van der Waals surface area contributed by atoms with Crippen LogP contribution in [0.3, 0.4) is 0 Å². The zero-order valence-corrected chi connectivity index (χ0v) is 71.2. The molecule has 0 aliphatic carbocycles. The monoisotopic (exact) mass is 1570 g/mol. The standard InChI is InChI=1S/C93H118O21/c1-86(2,3)107-78(94)65-44-66(79(95)108-87(4,5)6)49-74(48-65)103-56-61-38-60(39-62(40-61)57-104-75-50-67(80(96)109-88(7,8)9)45-68(51-75)81(97)110-89(10,11)12)36-34-32-30-28-26-25-27-29-31-33-35-37-102-73-42-63(58-105-76-52-69(82(98)111-90(13,14)15)46-70(53-76)83(99)112-91(16,17)18)41-64(43-73)59-106-77-54-71(84(100)113-92(19,20)21)47-72(55-77)85(101)114-93(22,23)24/h25,27,30,32-33,35,38-55H,26,28-29,31,34,36-37,56-59H2,1-24H3/b27-25+,32-30+,35-33+. The molecule has 0 aliphatic heterocycles. The number of allylic oxidation sites excluding steroid dienone is 5. The summed E-state index contributed by atoms with van der Waals surface area (Å²) in [6.07, 6.45) is 17.1. The number of esters is 8. The van der Waals surface area contributed by atoms with Crippen LogP contribution in [0.25, 0.3) is 0 Å². The highest BCUT2D eigenvalue weighted by atomic mass is 16.6. The van der Waals surface area contributed by atoms with Crippen LogP contribution in [0.4, 0.5) is 0 Å². The number of carbonyl (C=O) groups is 8. The summed E-state index contributed by atoms with van der Waals surface area (Å²) < 4.78 is 77.1. The molecule has 21 heteroatoms. The Balaban J connectivity index is 1.16. The molecule has 0 amide bonds. The smallest absolute Gasteiger partial charge is 0.338 e. The number of rotatable bonds is 32. The first-order chi connectivity index (χ1) is 52.7. The summed E-state index contributed by atoms with van der Waals surface area (Å²) in [6.45, 7) is 42.2. The summed E-state index contributed by atoms with van der Waals surface area (Å²) in [5, 5.41) is 0. The van der Waals surface area contributed by atoms with Crippen LogP contribution in [0.1, 0.15) is 309 Å². The lowest BCUT2D eigenvalue weighted by atomic mass is 10.0. The Morgan fingerprint density at radius 1 is 0.211 bits per heavy atom. The van der Waals surface area contributed by atoms with Gasteiger partial charge in [-0.25, -0.2) is 38.4 Å². The predicted octanol–water partition coefficient (Wildman–Crippen LogP) is 20.9. The Labute approximate surface area is 673 Å². The molecule has 0 fully saturated rings. The highest BCUT2D eigenvalue weighted by molar-refractivity contribution is 5.99. The van der Waals surface area contributed by atoms with Crippen molar-refractivity contribution in [2.75, 3.05) is 6.61 Å². The van der Waals surface area contributed by atoms with Crippen molar-refractivity contribution < 1.29 is 99.9 Å². The summed E-state index contributed by atoms with van der Waals surface area (Å²) in [5.74, 6) is -3.80. The second kappa shape index (κ2) is 39.4. The van der Waals surface area contributed by atoms with E-state index in [-0.39, 0.29) is 101 Å². The van der Waals surface area contributed by atoms with Crippen LogP contribution >= 0.6 is 0 Å². The van der Waals surface area contributed by atoms with Gasteiger partial charge in [-0.05, 0) is 330 Å². The van der Waals surface area contributed by atoms with E-state index in [1.165, 1.54) is 72.8 Å². The maximum Gasteiger partial charge on any atom is 0.338 e. The molecule has 0 aromatic heterocycles. The van der Waals surface area contributed by atoms with Crippen LogP contribution in [0.2, 0.25) is 0 Å². The third kappa shape index (κ3) is 35.1. The summed E-state index contributed by atoms with van der Waals surface area (Å²) in [6, 6.07) is 29.2. The molecule has 21 nitrogen and oxygen atoms in total. The molecule has 0 aliphatic rings. The number of carbonyl (C=O) groups excluding carboxylic acids is 8. The molecule has 0 saturated heterocycles. The van der Waals surface area contributed by atoms with Crippen LogP contribution < -0.4 is 23.7 Å². The third-order valence-corrected chi connectivity index (χ3v) is 14.9. The summed E-state index contributed by atoms with van der Waals surface area (Å²) >= 11 is 0. The van der Waals surface area contributed by atoms with Crippen molar-refractivity contribution in [3.05, 3.63) is 218 Å². The van der Waals surface area contributed by atoms with Gasteiger partial charge in [-0.15, -0.1) is 0 Å². The molecule has 6 rings (SSSR count). The van der Waals surface area contributed by atoms with Crippen LogP contribution in [0.15, 0.2) is 146 Å². The average molecular weight is 1570 g/mol. The molecule has 114 heavy (non-hydrogen) atoms. The van der Waals surface area contributed by atoms with Gasteiger partial charge in [0.15, 0.2) is 0 Å². The highest BCUT2D eigenvalue weighted by Crippen LogP contribution is 2.32. The topological polar surface area (TPSA) is 257 Å². The summed E-state index contributed by atoms with van der Waals surface area (Å²) in [5.41, 5.74) is -1.96. The number of benzene rings is 6. The van der Waals surface area contributed by atoms with Crippen LogP contribution in [-0.2, 0) is 70.7 Å². The third-order valence-electron chi connectivity index (χ3n) is 14.9. The second-order valence-corrected chi connectivity index (χ2v) is 35.7. The van der Waals surface area contributed by atoms with Gasteiger partial charge in [0, 0.05) is 0 Å². The number of hydrogen-bond donors (Lipinski definition) is 0. The lowest BCUT2D eigenvalue weighted by Gasteiger charge is -2.21. The highest BCUT2D eigenvalue weighted by Gasteiger charge is 2.30. The fourth-order valence-electron chi connectivity index (χ4n) is 10.6. The van der Waals surface area contributed by atoms with Crippen molar-refractivity contribution >= 4 is 47.8 Å². The maximum atomic E-state index is 13.4. The largest absolute Gasteiger partial charge is 0.490 e. The fraction of sp³-hybridized carbons (Fsp3) is 0.462. The van der Waals surface area contributed by atoms with E-state index in [0.717, 1.165) is 42.4 Å². The Bertz CT molecular complexity index is 3750. The molecular weight excluding hydrogens is 1450 g/mol. The Morgan fingerprint density at radius 2 is 0.386 bits per heavy atom. The van der Waals surface area contributed by atoms with E-state index in [1.807, 2.05) is 48.6 Å². The van der Waals surface area contributed by atoms with Crippen molar-refractivity contribution in [2.45, 2.75) is 276 Å². The van der Waals surface area contributed by atoms with Gasteiger partial charge >= 0.3 is 47.8 Å². The van der Waals surface area contributed by atoms with Gasteiger partial charge in [0.1, 0.15) is 107 Å². The van der Waals surface area contributed by atoms with Crippen molar-refractivity contribution in [3.63, 3.8) is 0 Å². The Morgan fingerprint density at radius 3 is 0.596 bits per heavy atom. The lowest BCUT2D eigenvalue weighted by molar-refractivity contribution is 0.00457. The first kappa shape index (κ1) is 92.2. The number of aryl methyl sites for hydroxylation is 1. The van der Waals surface area contributed by atoms with Gasteiger partial charge in [-0.1, -0.05) is 48.6 Å². The van der Waals surface area contributed by atoms with Crippen LogP contribution in [0.5, 0.6) is 28.7 Å². The van der Waals surface area contributed by atoms with E-state index in [0.29, 0.717) is 29.7 Å². The molecule has 0 saturated carbocycles. The Kier molecular flexibility index (Phi) is 31.8. The van der Waals surface area contributed by atoms with Gasteiger partial charge in [0.2, 0.25) is 0 Å². The summed E-state index contributed by atoms with van der Waals surface area (Å²) in [4.78, 5) is 107. The molecule has 0 atom stereocenters. The molecule has 0 radical (unpaired) electrons. The van der Waals surface area contributed by atoms with Crippen molar-refractivity contribution in [1.29, 1.82) is 0 Å². The van der Waals surface area contributed by atoms with Gasteiger partial charge in [0.05, 0.1) is 44.5 Å². The fourth-order valence-corrected chi connectivity index (χ4v) is 10.6. The SMILES string of the molecule is CC(C)(C)OC(=O)c1cc(OCc2cc(CC/C=C/CC/C=C/CC/C=C/COc3cc(COc4cc(C(=O)OC(C)(C)C)cc(C(=O)OC(C)(C)C)c4)cc(COc4cc(C(=O)OC(C)(C)C)cc(C(=O)OC(C)(C)C)c4)c3)cc(COc3cc(C(=O)OC(C)(C)C)cc(C(=O)OC(C)(C)C)c3)c2)cc(C(=O)OC(C)(C)C)c1. The molecule has 0 bridgehead atoms. The summed E-state index contributed by atoms with van der Waals surface area (Å²) in [7, 11) is 0. The van der Waals surface area contributed by atoms with Gasteiger partial charge in [-0.2, -0.15) is 0 Å². The molecular formula is C93H118O21. The average Bonchev–Trinajstić information content (AvgIpc) is 0.833. The van der Waals surface area contributed by atoms with E-state index in [1.54, 1.807) is 166 Å². The molecule has 616 valence electrons. The lowest BCUT2D eigenvalue weighted by Crippen LogP contribution is -2.25. The van der Waals surface area contributed by atoms with Crippen molar-refractivity contribution in [3.8, 4) is 28.7 Å². The maximum absolute atomic E-state index is 13.4. The van der Waals surface area contributed by atoms with Gasteiger partial charge in [-0.3, -0.25) is 0 Å². The van der Waals surface area contributed by atoms with E-state index in [4.69, 9.17) is 61.6 Å². The van der Waals surface area contributed by atoms with E-state index < -0.39 is 92.6 Å². The van der Waals surface area contributed by atoms with E-state index in [2.05, 4.69) is 24.3 Å². The van der Waals surface area contributed by atoms with Crippen molar-refractivity contribution in [2.24, 2.45) is 0 Å². The molecule has 0 unspecified atom stereocenters. The number of unbranched alkanes of at least 4 members (excludes halogenated alkanes) is 2. The molecule has 0 heterocycles. The number of hydrogen-bond acceptors (Lipinski definition) is 21. The first-order valence-corrected chi connectivity index (χ1v) is 38.5. The second-order valence-electron chi connectivity index (χ2n) is 35.7. The zero-order valence-electron chi connectivity index (χ0n) is 71.2. The predicted molar refractivity (Wildman–Crippen MR) is 437 cm³/mol. The van der Waals surface area contributed by atoms with Crippen molar-refractivity contribution in [1.82, 2.24) is 0 Å².